The minimum Gasteiger partial charge on any atom is -0.347 e. The van der Waals surface area contributed by atoms with Crippen LogP contribution in [0.5, 0.6) is 0 Å². The Bertz CT molecular complexity index is 1140. The molecule has 0 saturated carbocycles. The van der Waals surface area contributed by atoms with E-state index in [1.807, 2.05) is 42.6 Å². The normalized spacial score (nSPS) is 12.2. The number of hydrogen-bond donors (Lipinski definition) is 3. The summed E-state index contributed by atoms with van der Waals surface area (Å²) in [5.41, 5.74) is 3.11. The summed E-state index contributed by atoms with van der Waals surface area (Å²) in [7, 11) is 0. The van der Waals surface area contributed by atoms with Crippen molar-refractivity contribution in [2.75, 3.05) is 13.1 Å². The molecule has 1 aromatic carbocycles. The smallest absolute Gasteiger partial charge is 0.261 e. The minimum atomic E-state index is -0.0508. The Morgan fingerprint density at radius 2 is 2.07 bits per heavy atom. The molecule has 0 aliphatic rings. The van der Waals surface area contributed by atoms with E-state index >= 15 is 0 Å². The van der Waals surface area contributed by atoms with Gasteiger partial charge in [-0.2, -0.15) is 0 Å². The summed E-state index contributed by atoms with van der Waals surface area (Å²) >= 11 is 5.14. The zero-order valence-corrected chi connectivity index (χ0v) is 19.0. The first-order valence-corrected chi connectivity index (χ1v) is 11.5. The molecule has 0 saturated heterocycles. The first-order valence-electron chi connectivity index (χ1n) is 9.93. The number of aromatic amines is 1. The summed E-state index contributed by atoms with van der Waals surface area (Å²) < 4.78 is 0.914. The van der Waals surface area contributed by atoms with Crippen molar-refractivity contribution in [1.82, 2.24) is 20.6 Å². The Hall–Kier alpha value is -2.48. The van der Waals surface area contributed by atoms with Gasteiger partial charge in [0.15, 0.2) is 0 Å². The number of H-pyrrole nitrogens is 1. The van der Waals surface area contributed by atoms with Crippen molar-refractivity contribution in [3.63, 3.8) is 0 Å². The number of carbonyl (C=O) groups excluding carboxylic acids is 1. The second-order valence-electron chi connectivity index (χ2n) is 7.05. The summed E-state index contributed by atoms with van der Waals surface area (Å²) in [5.74, 6) is -0.0508. The highest BCUT2D eigenvalue weighted by Crippen LogP contribution is 2.39. The van der Waals surface area contributed by atoms with E-state index in [9.17, 15) is 4.79 Å². The Morgan fingerprint density at radius 3 is 2.87 bits per heavy atom. The van der Waals surface area contributed by atoms with Crippen LogP contribution in [0.3, 0.4) is 0 Å². The van der Waals surface area contributed by atoms with Gasteiger partial charge in [0.1, 0.15) is 5.65 Å². The van der Waals surface area contributed by atoms with E-state index in [0.29, 0.717) is 4.88 Å². The van der Waals surface area contributed by atoms with Gasteiger partial charge in [-0.15, -0.1) is 11.3 Å². The van der Waals surface area contributed by atoms with Crippen LogP contribution in [0.4, 0.5) is 0 Å². The fourth-order valence-corrected chi connectivity index (χ4v) is 5.30. The summed E-state index contributed by atoms with van der Waals surface area (Å²) in [5, 5.41) is 7.61. The highest BCUT2D eigenvalue weighted by Gasteiger charge is 2.19. The fraction of sp³-hybridized carbons (Fsp3) is 0.217. The summed E-state index contributed by atoms with van der Waals surface area (Å²) in [4.78, 5) is 22.3. The molecule has 5 nitrogen and oxygen atoms in total. The van der Waals surface area contributed by atoms with E-state index in [1.54, 1.807) is 6.20 Å². The number of fused-ring (bicyclic) bond motifs is 1. The molecule has 0 spiro atoms. The Balaban J connectivity index is 1.55. The number of pyridine rings is 1. The molecule has 0 radical (unpaired) electrons. The standard InChI is InChI=1S/C23H23BrN4OS/c1-2-25-14-16(12-15-6-4-3-5-7-15)28-23(29)20-13-19(24)21(30-20)17-8-10-26-22-18(17)9-11-27-22/h3-11,13,16,25H,2,12,14H2,1H3,(H,26,27)(H,28,29). The molecule has 1 unspecified atom stereocenters. The number of hydrogen-bond acceptors (Lipinski definition) is 4. The van der Waals surface area contributed by atoms with Gasteiger partial charge in [-0.1, -0.05) is 37.3 Å². The highest BCUT2D eigenvalue weighted by molar-refractivity contribution is 9.10. The lowest BCUT2D eigenvalue weighted by Gasteiger charge is -2.19. The average molecular weight is 483 g/mol. The number of likely N-dealkylation sites (N-methyl/N-ethyl adjacent to an activating group) is 1. The van der Waals surface area contributed by atoms with Crippen molar-refractivity contribution in [1.29, 1.82) is 0 Å². The Morgan fingerprint density at radius 1 is 1.23 bits per heavy atom. The van der Waals surface area contributed by atoms with E-state index < -0.39 is 0 Å². The van der Waals surface area contributed by atoms with Crippen LogP contribution in [0.2, 0.25) is 0 Å². The van der Waals surface area contributed by atoms with Crippen LogP contribution in [0.1, 0.15) is 22.2 Å². The predicted octanol–water partition coefficient (Wildman–Crippen LogP) is 5.00. The lowest BCUT2D eigenvalue weighted by atomic mass is 10.1. The number of halogens is 1. The number of amides is 1. The molecule has 0 fully saturated rings. The third-order valence-electron chi connectivity index (χ3n) is 4.92. The molecule has 3 N–H and O–H groups in total. The van der Waals surface area contributed by atoms with Crippen LogP contribution in [-0.4, -0.2) is 35.0 Å². The highest BCUT2D eigenvalue weighted by atomic mass is 79.9. The van der Waals surface area contributed by atoms with Gasteiger partial charge in [0, 0.05) is 40.4 Å². The molecule has 7 heteroatoms. The van der Waals surface area contributed by atoms with E-state index in [4.69, 9.17) is 0 Å². The van der Waals surface area contributed by atoms with Crippen molar-refractivity contribution in [3.05, 3.63) is 75.8 Å². The third-order valence-corrected chi connectivity index (χ3v) is 6.97. The minimum absolute atomic E-state index is 0.0153. The van der Waals surface area contributed by atoms with E-state index in [0.717, 1.165) is 45.5 Å². The summed E-state index contributed by atoms with van der Waals surface area (Å²) in [6.45, 7) is 3.66. The number of nitrogens with one attached hydrogen (secondary N) is 3. The molecule has 0 aliphatic heterocycles. The Labute approximate surface area is 188 Å². The number of rotatable bonds is 8. The zero-order chi connectivity index (χ0) is 20.9. The quantitative estimate of drug-likeness (QED) is 0.330. The number of benzene rings is 1. The zero-order valence-electron chi connectivity index (χ0n) is 16.6. The van der Waals surface area contributed by atoms with E-state index in [1.165, 1.54) is 16.9 Å². The van der Waals surface area contributed by atoms with Crippen molar-refractivity contribution < 1.29 is 4.79 Å². The average Bonchev–Trinajstić information content (AvgIpc) is 3.39. The maximum Gasteiger partial charge on any atom is 0.261 e. The van der Waals surface area contributed by atoms with Crippen molar-refractivity contribution in [2.45, 2.75) is 19.4 Å². The maximum atomic E-state index is 13.1. The first-order chi connectivity index (χ1) is 14.7. The molecule has 0 bridgehead atoms. The van der Waals surface area contributed by atoms with Gasteiger partial charge < -0.3 is 15.6 Å². The van der Waals surface area contributed by atoms with Gasteiger partial charge >= 0.3 is 0 Å². The van der Waals surface area contributed by atoms with Crippen molar-refractivity contribution >= 4 is 44.2 Å². The number of nitrogens with zero attached hydrogens (tertiary/aromatic N) is 1. The molecule has 4 aromatic rings. The van der Waals surface area contributed by atoms with Gasteiger partial charge in [-0.05, 0) is 52.7 Å². The monoisotopic (exact) mass is 482 g/mol. The molecule has 30 heavy (non-hydrogen) atoms. The van der Waals surface area contributed by atoms with Gasteiger partial charge in [-0.3, -0.25) is 4.79 Å². The molecule has 1 atom stereocenters. The summed E-state index contributed by atoms with van der Waals surface area (Å²) in [6.07, 6.45) is 4.45. The van der Waals surface area contributed by atoms with Gasteiger partial charge in [0.25, 0.3) is 5.91 Å². The Kier molecular flexibility index (Phi) is 6.62. The molecule has 1 amide bonds. The predicted molar refractivity (Wildman–Crippen MR) is 127 cm³/mol. The second kappa shape index (κ2) is 9.55. The molecule has 4 rings (SSSR count). The van der Waals surface area contributed by atoms with E-state index in [-0.39, 0.29) is 11.9 Å². The molecular formula is C23H23BrN4OS. The van der Waals surface area contributed by atoms with Crippen LogP contribution < -0.4 is 10.6 Å². The van der Waals surface area contributed by atoms with Crippen LogP contribution >= 0.6 is 27.3 Å². The lowest BCUT2D eigenvalue weighted by molar-refractivity contribution is 0.0940. The summed E-state index contributed by atoms with van der Waals surface area (Å²) in [6, 6.07) is 16.2. The van der Waals surface area contributed by atoms with Gasteiger partial charge in [-0.25, -0.2) is 4.98 Å². The maximum absolute atomic E-state index is 13.1. The molecular weight excluding hydrogens is 460 g/mol. The molecule has 154 valence electrons. The number of thiophene rings is 1. The third kappa shape index (κ3) is 4.64. The number of carbonyl (C=O) groups is 1. The molecule has 3 heterocycles. The second-order valence-corrected chi connectivity index (χ2v) is 8.96. The van der Waals surface area contributed by atoms with Crippen LogP contribution in [0.25, 0.3) is 21.5 Å². The van der Waals surface area contributed by atoms with Gasteiger partial charge in [0.2, 0.25) is 0 Å². The number of aromatic nitrogens is 2. The van der Waals surface area contributed by atoms with Crippen LogP contribution in [0, 0.1) is 0 Å². The topological polar surface area (TPSA) is 69.8 Å². The SMILES string of the molecule is CCNCC(Cc1ccccc1)NC(=O)c1cc(Br)c(-c2ccnc3[nH]ccc23)s1. The van der Waals surface area contributed by atoms with E-state index in [2.05, 4.69) is 55.6 Å². The van der Waals surface area contributed by atoms with Crippen LogP contribution in [0.15, 0.2) is 65.4 Å². The van der Waals surface area contributed by atoms with Crippen molar-refractivity contribution in [2.24, 2.45) is 0 Å². The molecule has 3 aromatic heterocycles. The van der Waals surface area contributed by atoms with Gasteiger partial charge in [0.05, 0.1) is 9.75 Å². The lowest BCUT2D eigenvalue weighted by Crippen LogP contribution is -2.43. The first kappa shape index (κ1) is 20.8. The fourth-order valence-electron chi connectivity index (χ4n) is 3.47. The largest absolute Gasteiger partial charge is 0.347 e. The molecule has 0 aliphatic carbocycles. The van der Waals surface area contributed by atoms with Crippen LogP contribution in [-0.2, 0) is 6.42 Å². The van der Waals surface area contributed by atoms with Crippen molar-refractivity contribution in [3.8, 4) is 10.4 Å².